The Hall–Kier alpha value is -1.20. The van der Waals surface area contributed by atoms with Crippen LogP contribution in [0, 0.1) is 0 Å². The maximum Gasteiger partial charge on any atom is 0.140 e. The molecule has 2 aliphatic rings. The summed E-state index contributed by atoms with van der Waals surface area (Å²) in [6.07, 6.45) is 8.01. The molecule has 3 heterocycles. The van der Waals surface area contributed by atoms with Gasteiger partial charge in [-0.25, -0.2) is 9.97 Å². The second kappa shape index (κ2) is 5.54. The molecule has 1 aliphatic heterocycles. The number of aryl methyl sites for hydroxylation is 1. The Bertz CT molecular complexity index is 626. The van der Waals surface area contributed by atoms with Crippen LogP contribution < -0.4 is 10.2 Å². The number of thiophene rings is 1. The number of hydrogen-bond donors (Lipinski definition) is 1. The summed E-state index contributed by atoms with van der Waals surface area (Å²) in [6, 6.07) is 3.81. The van der Waals surface area contributed by atoms with E-state index in [0.29, 0.717) is 6.04 Å². The van der Waals surface area contributed by atoms with Crippen molar-refractivity contribution in [1.82, 2.24) is 15.3 Å². The Morgan fingerprint density at radius 3 is 2.67 bits per heavy atom. The molecule has 21 heavy (non-hydrogen) atoms. The minimum Gasteiger partial charge on any atom is -0.356 e. The van der Waals surface area contributed by atoms with Crippen molar-refractivity contribution in [3.63, 3.8) is 0 Å². The standard InChI is InChI=1S/C16H22N4S/c1-2-13-9-14-15(17-10-18-16(14)21-13)20-7-5-12(6-8-20)19-11-3-4-11/h9-12,19H,2-8H2,1H3. The molecule has 1 N–H and O–H groups in total. The smallest absolute Gasteiger partial charge is 0.140 e. The largest absolute Gasteiger partial charge is 0.356 e. The zero-order valence-corrected chi connectivity index (χ0v) is 13.3. The highest BCUT2D eigenvalue weighted by Gasteiger charge is 2.28. The third-order valence-electron chi connectivity index (χ3n) is 4.55. The molecule has 1 saturated heterocycles. The molecule has 4 rings (SSSR count). The van der Waals surface area contributed by atoms with Crippen LogP contribution in [0.15, 0.2) is 12.4 Å². The second-order valence-electron chi connectivity index (χ2n) is 6.18. The lowest BCUT2D eigenvalue weighted by atomic mass is 10.0. The SMILES string of the molecule is CCc1cc2c(N3CCC(NC4CC4)CC3)ncnc2s1. The van der Waals surface area contributed by atoms with Crippen LogP contribution in [0.3, 0.4) is 0 Å². The van der Waals surface area contributed by atoms with E-state index in [1.54, 1.807) is 17.7 Å². The normalized spacial score (nSPS) is 20.3. The summed E-state index contributed by atoms with van der Waals surface area (Å²) in [5, 5.41) is 5.00. The first kappa shape index (κ1) is 13.5. The predicted octanol–water partition coefficient (Wildman–Crippen LogP) is 2.97. The Morgan fingerprint density at radius 1 is 1.19 bits per heavy atom. The number of piperidine rings is 1. The van der Waals surface area contributed by atoms with E-state index >= 15 is 0 Å². The number of fused-ring (bicyclic) bond motifs is 1. The summed E-state index contributed by atoms with van der Waals surface area (Å²) in [4.78, 5) is 14.0. The Labute approximate surface area is 129 Å². The van der Waals surface area contributed by atoms with Gasteiger partial charge >= 0.3 is 0 Å². The van der Waals surface area contributed by atoms with Crippen LogP contribution in [0.1, 0.15) is 37.5 Å². The zero-order chi connectivity index (χ0) is 14.2. The van der Waals surface area contributed by atoms with Gasteiger partial charge in [-0.1, -0.05) is 6.92 Å². The van der Waals surface area contributed by atoms with Crippen LogP contribution in [-0.2, 0) is 6.42 Å². The minimum absolute atomic E-state index is 0.708. The van der Waals surface area contributed by atoms with E-state index in [1.165, 1.54) is 35.9 Å². The third kappa shape index (κ3) is 2.77. The number of hydrogen-bond acceptors (Lipinski definition) is 5. The summed E-state index contributed by atoms with van der Waals surface area (Å²) in [6.45, 7) is 4.41. The van der Waals surface area contributed by atoms with Gasteiger partial charge in [-0.05, 0) is 38.2 Å². The quantitative estimate of drug-likeness (QED) is 0.943. The molecule has 0 unspecified atom stereocenters. The number of nitrogens with zero attached hydrogens (tertiary/aromatic N) is 3. The van der Waals surface area contributed by atoms with Crippen molar-refractivity contribution in [3.05, 3.63) is 17.3 Å². The molecule has 4 nitrogen and oxygen atoms in total. The van der Waals surface area contributed by atoms with E-state index in [2.05, 4.69) is 33.2 Å². The van der Waals surface area contributed by atoms with E-state index in [4.69, 9.17) is 0 Å². The molecule has 0 atom stereocenters. The van der Waals surface area contributed by atoms with Crippen molar-refractivity contribution in [1.29, 1.82) is 0 Å². The Kier molecular flexibility index (Phi) is 3.55. The van der Waals surface area contributed by atoms with E-state index in [0.717, 1.165) is 36.2 Å². The van der Waals surface area contributed by atoms with Gasteiger partial charge in [0.15, 0.2) is 0 Å². The first-order valence-electron chi connectivity index (χ1n) is 8.08. The molecule has 0 spiro atoms. The maximum atomic E-state index is 4.58. The van der Waals surface area contributed by atoms with E-state index in [1.807, 2.05) is 0 Å². The van der Waals surface area contributed by atoms with E-state index in [-0.39, 0.29) is 0 Å². The summed E-state index contributed by atoms with van der Waals surface area (Å²) >= 11 is 1.80. The van der Waals surface area contributed by atoms with Gasteiger partial charge in [0.25, 0.3) is 0 Å². The minimum atomic E-state index is 0.708. The van der Waals surface area contributed by atoms with Gasteiger partial charge in [0.1, 0.15) is 17.0 Å². The predicted molar refractivity (Wildman–Crippen MR) is 88.2 cm³/mol. The lowest BCUT2D eigenvalue weighted by molar-refractivity contribution is 0.412. The highest BCUT2D eigenvalue weighted by atomic mass is 32.1. The first-order chi connectivity index (χ1) is 10.3. The Balaban J connectivity index is 1.52. The summed E-state index contributed by atoms with van der Waals surface area (Å²) in [5.74, 6) is 1.14. The first-order valence-corrected chi connectivity index (χ1v) is 8.89. The average Bonchev–Trinajstić information content (AvgIpc) is 3.23. The van der Waals surface area contributed by atoms with Crippen LogP contribution in [0.2, 0.25) is 0 Å². The van der Waals surface area contributed by atoms with Gasteiger partial charge in [0.2, 0.25) is 0 Å². The summed E-state index contributed by atoms with van der Waals surface area (Å²) in [7, 11) is 0. The fourth-order valence-corrected chi connectivity index (χ4v) is 4.09. The summed E-state index contributed by atoms with van der Waals surface area (Å²) < 4.78 is 0. The van der Waals surface area contributed by atoms with Gasteiger partial charge in [-0.3, -0.25) is 0 Å². The van der Waals surface area contributed by atoms with Crippen LogP contribution in [-0.4, -0.2) is 35.1 Å². The summed E-state index contributed by atoms with van der Waals surface area (Å²) in [5.41, 5.74) is 0. The second-order valence-corrected chi connectivity index (χ2v) is 7.30. The fourth-order valence-electron chi connectivity index (χ4n) is 3.16. The lowest BCUT2D eigenvalue weighted by Gasteiger charge is -2.33. The van der Waals surface area contributed by atoms with Crippen molar-refractivity contribution in [2.75, 3.05) is 18.0 Å². The number of anilines is 1. The van der Waals surface area contributed by atoms with Crippen molar-refractivity contribution >= 4 is 27.4 Å². The van der Waals surface area contributed by atoms with Crippen LogP contribution in [0.5, 0.6) is 0 Å². The molecule has 112 valence electrons. The molecule has 0 radical (unpaired) electrons. The van der Waals surface area contributed by atoms with Gasteiger partial charge in [-0.2, -0.15) is 0 Å². The third-order valence-corrected chi connectivity index (χ3v) is 5.74. The van der Waals surface area contributed by atoms with Gasteiger partial charge in [-0.15, -0.1) is 11.3 Å². The molecule has 0 bridgehead atoms. The highest BCUT2D eigenvalue weighted by molar-refractivity contribution is 7.18. The Morgan fingerprint density at radius 2 is 1.95 bits per heavy atom. The van der Waals surface area contributed by atoms with Crippen molar-refractivity contribution in [3.8, 4) is 0 Å². The van der Waals surface area contributed by atoms with Crippen LogP contribution in [0.25, 0.3) is 10.2 Å². The lowest BCUT2D eigenvalue weighted by Crippen LogP contribution is -2.43. The van der Waals surface area contributed by atoms with Crippen molar-refractivity contribution in [2.24, 2.45) is 0 Å². The molecular weight excluding hydrogens is 280 g/mol. The molecule has 5 heteroatoms. The van der Waals surface area contributed by atoms with E-state index < -0.39 is 0 Å². The van der Waals surface area contributed by atoms with Crippen molar-refractivity contribution in [2.45, 2.75) is 51.1 Å². The van der Waals surface area contributed by atoms with Gasteiger partial charge < -0.3 is 10.2 Å². The van der Waals surface area contributed by atoms with Crippen molar-refractivity contribution < 1.29 is 0 Å². The number of aromatic nitrogens is 2. The molecule has 1 saturated carbocycles. The zero-order valence-electron chi connectivity index (χ0n) is 12.5. The highest BCUT2D eigenvalue weighted by Crippen LogP contribution is 2.32. The van der Waals surface area contributed by atoms with Gasteiger partial charge in [0, 0.05) is 30.1 Å². The maximum absolute atomic E-state index is 4.58. The molecule has 0 aromatic carbocycles. The van der Waals surface area contributed by atoms with Gasteiger partial charge in [0.05, 0.1) is 5.39 Å². The molecule has 0 amide bonds. The van der Waals surface area contributed by atoms with E-state index in [9.17, 15) is 0 Å². The molecule has 2 fully saturated rings. The van der Waals surface area contributed by atoms with Crippen LogP contribution in [0.4, 0.5) is 5.82 Å². The molecule has 2 aromatic heterocycles. The average molecular weight is 302 g/mol. The molecule has 1 aliphatic carbocycles. The number of nitrogens with one attached hydrogen (secondary N) is 1. The number of rotatable bonds is 4. The molecule has 2 aromatic rings. The monoisotopic (exact) mass is 302 g/mol. The van der Waals surface area contributed by atoms with Crippen LogP contribution >= 0.6 is 11.3 Å². The topological polar surface area (TPSA) is 41.0 Å². The fraction of sp³-hybridized carbons (Fsp3) is 0.625. The molecular formula is C16H22N4S.